The Kier molecular flexibility index (Phi) is 62.6. The van der Waals surface area contributed by atoms with Crippen molar-refractivity contribution in [3.63, 3.8) is 0 Å². The molecule has 480 valence electrons. The van der Waals surface area contributed by atoms with Crippen molar-refractivity contribution in [1.29, 1.82) is 0 Å². The number of aliphatic hydroxyl groups excluding tert-OH is 1. The number of likely N-dealkylation sites (N-methyl/N-ethyl adjacent to an activating group) is 1. The number of unbranched alkanes of at least 4 members (excludes halogenated alkanes) is 56. The van der Waals surface area contributed by atoms with Crippen molar-refractivity contribution >= 4 is 13.7 Å². The zero-order valence-electron chi connectivity index (χ0n) is 55.1. The summed E-state index contributed by atoms with van der Waals surface area (Å²) in [7, 11) is 1.64. The lowest BCUT2D eigenvalue weighted by Crippen LogP contribution is -2.46. The van der Waals surface area contributed by atoms with Gasteiger partial charge in [-0.2, -0.15) is 0 Å². The summed E-state index contributed by atoms with van der Waals surface area (Å²) in [5.74, 6) is -0.132. The van der Waals surface area contributed by atoms with Gasteiger partial charge in [0.15, 0.2) is 0 Å². The Morgan fingerprint density at radius 3 is 0.838 bits per heavy atom. The molecule has 0 spiro atoms. The van der Waals surface area contributed by atoms with Gasteiger partial charge in [0.1, 0.15) is 13.2 Å². The lowest BCUT2D eigenvalue weighted by molar-refractivity contribution is -0.870. The molecule has 0 aliphatic heterocycles. The van der Waals surface area contributed by atoms with Crippen LogP contribution in [0.25, 0.3) is 0 Å². The summed E-state index contributed by atoms with van der Waals surface area (Å²) in [6.45, 7) is 4.97. The third-order valence-corrected chi connectivity index (χ3v) is 18.3. The summed E-state index contributed by atoms with van der Waals surface area (Å²) >= 11 is 0. The molecule has 0 saturated heterocycles. The maximum Gasteiger partial charge on any atom is 0.472 e. The van der Waals surface area contributed by atoms with E-state index in [1.807, 2.05) is 21.1 Å². The first-order valence-electron chi connectivity index (χ1n) is 36.4. The number of hydrogen-bond donors (Lipinski definition) is 3. The zero-order valence-corrected chi connectivity index (χ0v) is 56.0. The van der Waals surface area contributed by atoms with Crippen LogP contribution in [0, 0.1) is 0 Å². The third kappa shape index (κ3) is 65.1. The predicted molar refractivity (Wildman–Crippen MR) is 351 cm³/mol. The Labute approximate surface area is 501 Å². The monoisotopic (exact) mass is 1150 g/mol. The molecule has 0 bridgehead atoms. The highest BCUT2D eigenvalue weighted by molar-refractivity contribution is 7.47. The van der Waals surface area contributed by atoms with E-state index in [0.29, 0.717) is 23.9 Å². The number of carbonyl (C=O) groups is 1. The topological polar surface area (TPSA) is 105 Å². The van der Waals surface area contributed by atoms with Crippen LogP contribution in [-0.4, -0.2) is 73.4 Å². The SMILES string of the molecule is CCCCCCCCCCCCCCCCCCCCCCCCCCCCCCCCCCC(=O)NC(COP(=O)(O)OCC[N+](C)(C)C)C(O)CCCCCCCCCCCCCCCCCCCCCCCCCCCC. The number of carbonyl (C=O) groups excluding carboxylic acids is 1. The van der Waals surface area contributed by atoms with E-state index < -0.39 is 20.0 Å². The van der Waals surface area contributed by atoms with Gasteiger partial charge >= 0.3 is 7.82 Å². The van der Waals surface area contributed by atoms with Crippen molar-refractivity contribution in [1.82, 2.24) is 5.32 Å². The van der Waals surface area contributed by atoms with E-state index in [1.54, 1.807) is 0 Å². The molecule has 1 amide bonds. The zero-order chi connectivity index (χ0) is 58.4. The molecule has 0 heterocycles. The lowest BCUT2D eigenvalue weighted by atomic mass is 10.0. The molecular formula is C71H146N2O6P+. The van der Waals surface area contributed by atoms with Gasteiger partial charge in [0, 0.05) is 6.42 Å². The van der Waals surface area contributed by atoms with Crippen LogP contribution < -0.4 is 5.32 Å². The number of quaternary nitrogens is 1. The van der Waals surface area contributed by atoms with Crippen LogP contribution in [0.15, 0.2) is 0 Å². The van der Waals surface area contributed by atoms with Crippen LogP contribution in [0.2, 0.25) is 0 Å². The molecule has 8 nitrogen and oxygen atoms in total. The van der Waals surface area contributed by atoms with Gasteiger partial charge < -0.3 is 19.8 Å². The molecule has 0 fully saturated rings. The van der Waals surface area contributed by atoms with Gasteiger partial charge in [-0.3, -0.25) is 13.8 Å². The Balaban J connectivity index is 3.95. The van der Waals surface area contributed by atoms with Gasteiger partial charge in [0.05, 0.1) is 39.9 Å². The van der Waals surface area contributed by atoms with E-state index in [2.05, 4.69) is 19.2 Å². The largest absolute Gasteiger partial charge is 0.472 e. The van der Waals surface area contributed by atoms with Gasteiger partial charge in [-0.1, -0.05) is 380 Å². The molecule has 0 aliphatic carbocycles. The molecule has 3 N–H and O–H groups in total. The molecule has 80 heavy (non-hydrogen) atoms. The normalized spacial score (nSPS) is 13.5. The second-order valence-electron chi connectivity index (χ2n) is 26.7. The van der Waals surface area contributed by atoms with Crippen LogP contribution in [0.4, 0.5) is 0 Å². The Morgan fingerprint density at radius 1 is 0.375 bits per heavy atom. The molecule has 3 unspecified atom stereocenters. The highest BCUT2D eigenvalue weighted by Crippen LogP contribution is 2.43. The first-order chi connectivity index (χ1) is 39.0. The number of amides is 1. The minimum atomic E-state index is -4.33. The lowest BCUT2D eigenvalue weighted by Gasteiger charge is -2.26. The second kappa shape index (κ2) is 63.0. The molecule has 0 aromatic rings. The first kappa shape index (κ1) is 79.5. The number of nitrogens with zero attached hydrogens (tertiary/aromatic N) is 1. The molecule has 0 aromatic carbocycles. The number of nitrogens with one attached hydrogen (secondary N) is 1. The highest BCUT2D eigenvalue weighted by atomic mass is 31.2. The fourth-order valence-corrected chi connectivity index (χ4v) is 12.4. The first-order valence-corrected chi connectivity index (χ1v) is 37.9. The Bertz CT molecular complexity index is 1260. The van der Waals surface area contributed by atoms with Crippen LogP contribution in [-0.2, 0) is 18.4 Å². The number of phosphoric ester groups is 1. The van der Waals surface area contributed by atoms with Gasteiger partial charge in [-0.15, -0.1) is 0 Å². The molecule has 0 aromatic heterocycles. The standard InChI is InChI=1S/C71H145N2O6P/c1-6-8-10-12-14-16-18-20-22-24-26-28-30-32-34-35-36-37-38-39-41-43-45-47-49-51-53-55-57-59-61-63-65-71(75)72-69(68-79-80(76,77)78-67-66-73(3,4)5)70(74)64-62-60-58-56-54-52-50-48-46-44-42-40-33-31-29-27-25-23-21-19-17-15-13-11-9-7-2/h69-70,74H,6-68H2,1-5H3,(H-,72,75,76,77)/p+1. The Hall–Kier alpha value is -0.500. The average Bonchev–Trinajstić information content (AvgIpc) is 3.43. The second-order valence-corrected chi connectivity index (χ2v) is 28.1. The van der Waals surface area contributed by atoms with Crippen molar-refractivity contribution in [2.24, 2.45) is 0 Å². The molecule has 0 aliphatic rings. The summed E-state index contributed by atoms with van der Waals surface area (Å²) in [4.78, 5) is 23.5. The van der Waals surface area contributed by atoms with Gasteiger partial charge in [-0.25, -0.2) is 4.57 Å². The van der Waals surface area contributed by atoms with Crippen molar-refractivity contribution in [2.75, 3.05) is 40.9 Å². The van der Waals surface area contributed by atoms with E-state index in [1.165, 1.54) is 334 Å². The number of hydrogen-bond acceptors (Lipinski definition) is 5. The minimum absolute atomic E-state index is 0.0795. The van der Waals surface area contributed by atoms with Crippen molar-refractivity contribution in [3.05, 3.63) is 0 Å². The maximum atomic E-state index is 13.1. The van der Waals surface area contributed by atoms with Crippen molar-refractivity contribution in [2.45, 2.75) is 411 Å². The Morgan fingerprint density at radius 2 is 0.600 bits per heavy atom. The third-order valence-electron chi connectivity index (χ3n) is 17.4. The van der Waals surface area contributed by atoms with E-state index >= 15 is 0 Å². The molecular weight excluding hydrogens is 1010 g/mol. The summed E-state index contributed by atoms with van der Waals surface area (Å²) in [6.07, 6.45) is 79.4. The van der Waals surface area contributed by atoms with Crippen molar-refractivity contribution < 1.29 is 32.9 Å². The van der Waals surface area contributed by atoms with E-state index in [9.17, 15) is 19.4 Å². The van der Waals surface area contributed by atoms with Crippen LogP contribution in [0.5, 0.6) is 0 Å². The molecule has 0 radical (unpaired) electrons. The van der Waals surface area contributed by atoms with Gasteiger partial charge in [-0.05, 0) is 12.8 Å². The predicted octanol–water partition coefficient (Wildman–Crippen LogP) is 23.1. The smallest absolute Gasteiger partial charge is 0.391 e. The number of phosphoric acid groups is 1. The molecule has 0 rings (SSSR count). The molecule has 9 heteroatoms. The fraction of sp³-hybridized carbons (Fsp3) is 0.986. The quantitative estimate of drug-likeness (QED) is 0.0318. The fourth-order valence-electron chi connectivity index (χ4n) is 11.7. The number of aliphatic hydroxyl groups is 1. The van der Waals surface area contributed by atoms with Crippen LogP contribution in [0.3, 0.4) is 0 Å². The van der Waals surface area contributed by atoms with Gasteiger partial charge in [0.2, 0.25) is 5.91 Å². The highest BCUT2D eigenvalue weighted by Gasteiger charge is 2.28. The summed E-state index contributed by atoms with van der Waals surface area (Å²) in [5.41, 5.74) is 0. The summed E-state index contributed by atoms with van der Waals surface area (Å²) in [5, 5.41) is 14.2. The van der Waals surface area contributed by atoms with E-state index in [-0.39, 0.29) is 19.1 Å². The van der Waals surface area contributed by atoms with E-state index in [4.69, 9.17) is 9.05 Å². The van der Waals surface area contributed by atoms with Crippen LogP contribution >= 0.6 is 7.82 Å². The van der Waals surface area contributed by atoms with Gasteiger partial charge in [0.25, 0.3) is 0 Å². The number of rotatable bonds is 69. The van der Waals surface area contributed by atoms with E-state index in [0.717, 1.165) is 38.5 Å². The van der Waals surface area contributed by atoms with Crippen LogP contribution in [0.1, 0.15) is 399 Å². The van der Waals surface area contributed by atoms with Crippen molar-refractivity contribution in [3.8, 4) is 0 Å². The molecule has 3 atom stereocenters. The maximum absolute atomic E-state index is 13.1. The minimum Gasteiger partial charge on any atom is -0.391 e. The summed E-state index contributed by atoms with van der Waals surface area (Å²) < 4.78 is 23.9. The average molecular weight is 1150 g/mol. The summed E-state index contributed by atoms with van der Waals surface area (Å²) in [6, 6.07) is -0.757. The molecule has 0 saturated carbocycles.